The lowest BCUT2D eigenvalue weighted by Gasteiger charge is -2.26. The number of hydrogen-bond acceptors (Lipinski definition) is 4. The van der Waals surface area contributed by atoms with E-state index in [-0.39, 0.29) is 17.4 Å². The summed E-state index contributed by atoms with van der Waals surface area (Å²) in [7, 11) is 0. The van der Waals surface area contributed by atoms with E-state index in [2.05, 4.69) is 15.9 Å². The average Bonchev–Trinajstić information content (AvgIpc) is 2.62. The third-order valence-corrected chi connectivity index (χ3v) is 4.68. The van der Waals surface area contributed by atoms with Crippen molar-refractivity contribution < 1.29 is 9.53 Å². The molecular weight excluding hydrogens is 314 g/mol. The average molecular weight is 334 g/mol. The van der Waals surface area contributed by atoms with Crippen LogP contribution in [-0.4, -0.2) is 12.6 Å². The molecule has 0 saturated heterocycles. The lowest BCUT2D eigenvalue weighted by Crippen LogP contribution is -2.24. The van der Waals surface area contributed by atoms with Gasteiger partial charge in [-0.15, -0.1) is 11.3 Å². The molecule has 3 nitrogen and oxygen atoms in total. The first-order valence-corrected chi connectivity index (χ1v) is 7.67. The van der Waals surface area contributed by atoms with E-state index in [0.717, 1.165) is 15.8 Å². The zero-order chi connectivity index (χ0) is 13.8. The fourth-order valence-corrected chi connectivity index (χ4v) is 3.60. The molecule has 1 rings (SSSR count). The fraction of sp³-hybridized carbons (Fsp3) is 0.615. The highest BCUT2D eigenvalue weighted by atomic mass is 79.9. The Balaban J connectivity index is 2.60. The minimum atomic E-state index is -0.158. The molecule has 0 aromatic carbocycles. The Labute approximate surface area is 121 Å². The second kappa shape index (κ2) is 6.68. The number of hydrogen-bond donors (Lipinski definition) is 1. The van der Waals surface area contributed by atoms with Crippen LogP contribution < -0.4 is 5.73 Å². The number of halogens is 1. The van der Waals surface area contributed by atoms with Gasteiger partial charge in [0.1, 0.15) is 0 Å². The molecule has 0 spiro atoms. The summed E-state index contributed by atoms with van der Waals surface area (Å²) in [4.78, 5) is 12.7. The molecule has 102 valence electrons. The zero-order valence-electron chi connectivity index (χ0n) is 11.0. The third-order valence-electron chi connectivity index (χ3n) is 2.68. The molecular formula is C13H20BrNO2S. The number of carbonyl (C=O) groups excluding carboxylic acids is 1. The van der Waals surface area contributed by atoms with Crippen LogP contribution in [0.1, 0.15) is 44.5 Å². The van der Waals surface area contributed by atoms with Gasteiger partial charge in [0, 0.05) is 15.4 Å². The molecule has 0 bridgehead atoms. The first-order valence-electron chi connectivity index (χ1n) is 6.00. The lowest BCUT2D eigenvalue weighted by molar-refractivity contribution is -0.145. The summed E-state index contributed by atoms with van der Waals surface area (Å²) in [5.74, 6) is -0.153. The van der Waals surface area contributed by atoms with Gasteiger partial charge in [0.15, 0.2) is 0 Å². The maximum absolute atomic E-state index is 11.5. The van der Waals surface area contributed by atoms with Crippen molar-refractivity contribution in [3.8, 4) is 0 Å². The number of esters is 1. The van der Waals surface area contributed by atoms with Crippen LogP contribution in [0.4, 0.5) is 0 Å². The number of carbonyl (C=O) groups is 1. The maximum Gasteiger partial charge on any atom is 0.306 e. The Morgan fingerprint density at radius 2 is 2.28 bits per heavy atom. The monoisotopic (exact) mass is 333 g/mol. The van der Waals surface area contributed by atoms with Crippen molar-refractivity contribution in [3.05, 3.63) is 20.8 Å². The molecule has 5 heteroatoms. The quantitative estimate of drug-likeness (QED) is 0.803. The minimum Gasteiger partial charge on any atom is -0.466 e. The molecule has 0 fully saturated rings. The van der Waals surface area contributed by atoms with E-state index in [4.69, 9.17) is 10.5 Å². The van der Waals surface area contributed by atoms with Gasteiger partial charge in [-0.2, -0.15) is 0 Å². The van der Waals surface area contributed by atoms with Crippen LogP contribution in [0.15, 0.2) is 15.9 Å². The van der Waals surface area contributed by atoms with Crippen molar-refractivity contribution >= 4 is 33.2 Å². The normalized spacial score (nSPS) is 13.4. The maximum atomic E-state index is 11.5. The van der Waals surface area contributed by atoms with Crippen molar-refractivity contribution in [2.45, 2.75) is 39.7 Å². The molecule has 1 unspecified atom stereocenters. The summed E-state index contributed by atoms with van der Waals surface area (Å²) < 4.78 is 6.04. The molecule has 1 heterocycles. The van der Waals surface area contributed by atoms with Crippen LogP contribution >= 0.6 is 27.3 Å². The van der Waals surface area contributed by atoms with Crippen molar-refractivity contribution in [1.82, 2.24) is 0 Å². The fourth-order valence-electron chi connectivity index (χ4n) is 1.93. The van der Waals surface area contributed by atoms with E-state index in [1.165, 1.54) is 0 Å². The van der Waals surface area contributed by atoms with Gasteiger partial charge in [-0.1, -0.05) is 13.8 Å². The van der Waals surface area contributed by atoms with E-state index in [9.17, 15) is 4.79 Å². The van der Waals surface area contributed by atoms with Crippen LogP contribution in [-0.2, 0) is 9.53 Å². The highest BCUT2D eigenvalue weighted by Gasteiger charge is 2.27. The number of rotatable bonds is 6. The second-order valence-corrected chi connectivity index (χ2v) is 6.89. The first-order chi connectivity index (χ1) is 8.35. The number of ether oxygens (including phenoxy) is 1. The Morgan fingerprint density at radius 1 is 1.61 bits per heavy atom. The number of thiophene rings is 1. The van der Waals surface area contributed by atoms with E-state index >= 15 is 0 Å². The van der Waals surface area contributed by atoms with E-state index in [0.29, 0.717) is 13.0 Å². The molecule has 1 atom stereocenters. The van der Waals surface area contributed by atoms with E-state index in [1.807, 2.05) is 32.2 Å². The molecule has 0 aliphatic carbocycles. The van der Waals surface area contributed by atoms with Crippen molar-refractivity contribution in [1.29, 1.82) is 0 Å². The van der Waals surface area contributed by atoms with Gasteiger partial charge in [0.25, 0.3) is 0 Å². The molecule has 0 aliphatic rings. The molecule has 1 aromatic heterocycles. The minimum absolute atomic E-state index is 0.0520. The van der Waals surface area contributed by atoms with Crippen LogP contribution in [0.3, 0.4) is 0 Å². The highest BCUT2D eigenvalue weighted by molar-refractivity contribution is 9.10. The Kier molecular flexibility index (Phi) is 5.82. The van der Waals surface area contributed by atoms with Crippen molar-refractivity contribution in [3.63, 3.8) is 0 Å². The van der Waals surface area contributed by atoms with Crippen molar-refractivity contribution in [2.24, 2.45) is 11.1 Å². The van der Waals surface area contributed by atoms with Crippen LogP contribution in [0.25, 0.3) is 0 Å². The largest absolute Gasteiger partial charge is 0.466 e. The Hall–Kier alpha value is -0.390. The molecule has 0 saturated carbocycles. The van der Waals surface area contributed by atoms with Crippen molar-refractivity contribution in [2.75, 3.05) is 6.61 Å². The van der Waals surface area contributed by atoms with Gasteiger partial charge < -0.3 is 10.5 Å². The van der Waals surface area contributed by atoms with Gasteiger partial charge in [0.2, 0.25) is 0 Å². The van der Waals surface area contributed by atoms with Gasteiger partial charge in [0.05, 0.1) is 13.0 Å². The van der Waals surface area contributed by atoms with Gasteiger partial charge in [-0.25, -0.2) is 0 Å². The molecule has 0 aliphatic heterocycles. The summed E-state index contributed by atoms with van der Waals surface area (Å²) in [6, 6.07) is 1.95. The van der Waals surface area contributed by atoms with E-state index < -0.39 is 0 Å². The lowest BCUT2D eigenvalue weighted by atomic mass is 9.82. The topological polar surface area (TPSA) is 52.3 Å². The zero-order valence-corrected chi connectivity index (χ0v) is 13.4. The Morgan fingerprint density at radius 3 is 2.78 bits per heavy atom. The molecule has 2 N–H and O–H groups in total. The first kappa shape index (κ1) is 15.7. The van der Waals surface area contributed by atoms with Gasteiger partial charge >= 0.3 is 5.97 Å². The summed E-state index contributed by atoms with van der Waals surface area (Å²) in [5, 5.41) is 2.01. The van der Waals surface area contributed by atoms with Gasteiger partial charge in [-0.3, -0.25) is 4.79 Å². The summed E-state index contributed by atoms with van der Waals surface area (Å²) in [5.41, 5.74) is 6.05. The molecule has 1 aromatic rings. The summed E-state index contributed by atoms with van der Waals surface area (Å²) in [6.45, 7) is 6.34. The SMILES string of the molecule is CCOC(=O)CC(C)(C)CC(N)c1sccc1Br. The molecule has 18 heavy (non-hydrogen) atoms. The van der Waals surface area contributed by atoms with Gasteiger partial charge in [-0.05, 0) is 46.1 Å². The second-order valence-electron chi connectivity index (χ2n) is 5.09. The smallest absolute Gasteiger partial charge is 0.306 e. The predicted octanol–water partition coefficient (Wildman–Crippen LogP) is 3.88. The molecule has 0 radical (unpaired) electrons. The van der Waals surface area contributed by atoms with Crippen LogP contribution in [0.5, 0.6) is 0 Å². The highest BCUT2D eigenvalue weighted by Crippen LogP contribution is 2.36. The summed E-state index contributed by atoms with van der Waals surface area (Å²) >= 11 is 5.13. The van der Waals surface area contributed by atoms with E-state index in [1.54, 1.807) is 11.3 Å². The van der Waals surface area contributed by atoms with Crippen LogP contribution in [0, 0.1) is 5.41 Å². The Bertz CT molecular complexity index is 403. The summed E-state index contributed by atoms with van der Waals surface area (Å²) in [6.07, 6.45) is 1.16. The third kappa shape index (κ3) is 4.71. The molecule has 0 amide bonds. The standard InChI is InChI=1S/C13H20BrNO2S/c1-4-17-11(16)8-13(2,3)7-10(15)12-9(14)5-6-18-12/h5-6,10H,4,7-8,15H2,1-3H3. The van der Waals surface area contributed by atoms with Crippen LogP contribution in [0.2, 0.25) is 0 Å². The number of nitrogens with two attached hydrogens (primary N) is 1. The predicted molar refractivity (Wildman–Crippen MR) is 78.6 cm³/mol.